The van der Waals surface area contributed by atoms with Crippen molar-refractivity contribution >= 4 is 17.2 Å². The predicted octanol–water partition coefficient (Wildman–Crippen LogP) is 1.72. The lowest BCUT2D eigenvalue weighted by atomic mass is 10.1. The first-order valence-corrected chi connectivity index (χ1v) is 7.34. The molecule has 0 aliphatic carbocycles. The van der Waals surface area contributed by atoms with Gasteiger partial charge in [-0.2, -0.15) is 0 Å². The summed E-state index contributed by atoms with van der Waals surface area (Å²) in [6.45, 7) is 1.95. The fourth-order valence-electron chi connectivity index (χ4n) is 3.05. The molecule has 98 valence electrons. The number of nitrogens with one attached hydrogen (secondary N) is 1. The number of carbonyl (C=O) groups excluding carboxylic acids is 1. The van der Waals surface area contributed by atoms with Gasteiger partial charge in [0.1, 0.15) is 10.6 Å². The molecule has 0 spiro atoms. The molecule has 2 bridgehead atoms. The number of hydrogen-bond acceptors (Lipinski definition) is 4. The van der Waals surface area contributed by atoms with E-state index in [2.05, 4.69) is 10.2 Å². The number of thiophene rings is 1. The highest BCUT2D eigenvalue weighted by Crippen LogP contribution is 2.33. The van der Waals surface area contributed by atoms with Gasteiger partial charge in [-0.05, 0) is 37.3 Å². The highest BCUT2D eigenvalue weighted by atomic mass is 32.1. The maximum absolute atomic E-state index is 12.7. The largest absolute Gasteiger partial charge is 0.495 e. The second kappa shape index (κ2) is 4.90. The molecule has 2 unspecified atom stereocenters. The molecule has 1 amide bonds. The minimum atomic E-state index is 0.151. The van der Waals surface area contributed by atoms with Gasteiger partial charge in [0.25, 0.3) is 5.91 Å². The van der Waals surface area contributed by atoms with Crippen LogP contribution in [0.2, 0.25) is 0 Å². The molecule has 2 fully saturated rings. The molecule has 5 heteroatoms. The number of hydrogen-bond donors (Lipinski definition) is 1. The second-order valence-corrected chi connectivity index (χ2v) is 5.82. The number of carbonyl (C=O) groups is 1. The van der Waals surface area contributed by atoms with Gasteiger partial charge in [-0.3, -0.25) is 4.79 Å². The average molecular weight is 266 g/mol. The molecule has 1 aromatic rings. The minimum Gasteiger partial charge on any atom is -0.495 e. The van der Waals surface area contributed by atoms with Crippen LogP contribution in [0.1, 0.15) is 28.9 Å². The van der Waals surface area contributed by atoms with Gasteiger partial charge < -0.3 is 15.0 Å². The number of fused-ring (bicyclic) bond motifs is 2. The quantitative estimate of drug-likeness (QED) is 0.886. The number of rotatable bonds is 2. The number of ether oxygens (including phenoxy) is 1. The van der Waals surface area contributed by atoms with E-state index in [0.29, 0.717) is 17.8 Å². The van der Waals surface area contributed by atoms with Gasteiger partial charge in [-0.25, -0.2) is 0 Å². The van der Waals surface area contributed by atoms with Crippen molar-refractivity contribution in [3.63, 3.8) is 0 Å². The lowest BCUT2D eigenvalue weighted by Gasteiger charge is -2.27. The molecule has 0 saturated carbocycles. The molecular formula is C13H18N2O2S. The SMILES string of the molecule is COc1ccsc1C(=O)N1C2CCNCC1CC2. The first kappa shape index (κ1) is 12.0. The van der Waals surface area contributed by atoms with Crippen LogP contribution in [0.15, 0.2) is 11.4 Å². The third kappa shape index (κ3) is 1.91. The topological polar surface area (TPSA) is 41.6 Å². The van der Waals surface area contributed by atoms with Crippen LogP contribution in [-0.2, 0) is 0 Å². The van der Waals surface area contributed by atoms with Crippen molar-refractivity contribution in [2.45, 2.75) is 31.3 Å². The van der Waals surface area contributed by atoms with Crippen LogP contribution in [-0.4, -0.2) is 43.1 Å². The van der Waals surface area contributed by atoms with Crippen molar-refractivity contribution in [2.75, 3.05) is 20.2 Å². The number of amides is 1. The summed E-state index contributed by atoms with van der Waals surface area (Å²) < 4.78 is 5.27. The van der Waals surface area contributed by atoms with Crippen molar-refractivity contribution in [3.05, 3.63) is 16.3 Å². The summed E-state index contributed by atoms with van der Waals surface area (Å²) in [4.78, 5) is 15.5. The Bertz CT molecular complexity index is 432. The van der Waals surface area contributed by atoms with Crippen LogP contribution >= 0.6 is 11.3 Å². The zero-order valence-electron chi connectivity index (χ0n) is 10.5. The maximum Gasteiger partial charge on any atom is 0.268 e. The molecule has 3 rings (SSSR count). The molecule has 2 aliphatic heterocycles. The summed E-state index contributed by atoms with van der Waals surface area (Å²) in [5, 5.41) is 5.34. The molecule has 0 aromatic carbocycles. The van der Waals surface area contributed by atoms with E-state index in [-0.39, 0.29) is 5.91 Å². The van der Waals surface area contributed by atoms with Gasteiger partial charge in [-0.15, -0.1) is 11.3 Å². The molecule has 3 heterocycles. The summed E-state index contributed by atoms with van der Waals surface area (Å²) in [5.41, 5.74) is 0. The van der Waals surface area contributed by atoms with E-state index in [0.717, 1.165) is 37.2 Å². The van der Waals surface area contributed by atoms with Gasteiger partial charge in [0, 0.05) is 18.6 Å². The highest BCUT2D eigenvalue weighted by molar-refractivity contribution is 7.12. The number of methoxy groups -OCH3 is 1. The van der Waals surface area contributed by atoms with Crippen LogP contribution in [0.3, 0.4) is 0 Å². The van der Waals surface area contributed by atoms with Crippen LogP contribution in [0, 0.1) is 0 Å². The Balaban J connectivity index is 1.87. The zero-order chi connectivity index (χ0) is 12.5. The van der Waals surface area contributed by atoms with Crippen LogP contribution in [0.25, 0.3) is 0 Å². The van der Waals surface area contributed by atoms with E-state index in [4.69, 9.17) is 4.74 Å². The van der Waals surface area contributed by atoms with E-state index in [1.165, 1.54) is 11.3 Å². The van der Waals surface area contributed by atoms with Crippen molar-refractivity contribution in [3.8, 4) is 5.75 Å². The number of nitrogens with zero attached hydrogens (tertiary/aromatic N) is 1. The molecule has 1 N–H and O–H groups in total. The fraction of sp³-hybridized carbons (Fsp3) is 0.615. The van der Waals surface area contributed by atoms with E-state index >= 15 is 0 Å². The third-order valence-electron chi connectivity index (χ3n) is 3.93. The zero-order valence-corrected chi connectivity index (χ0v) is 11.3. The van der Waals surface area contributed by atoms with Crippen LogP contribution < -0.4 is 10.1 Å². The third-order valence-corrected chi connectivity index (χ3v) is 4.82. The Morgan fingerprint density at radius 1 is 1.44 bits per heavy atom. The Hall–Kier alpha value is -1.07. The average Bonchev–Trinajstić information content (AvgIpc) is 2.91. The van der Waals surface area contributed by atoms with E-state index in [9.17, 15) is 4.79 Å². The Kier molecular flexibility index (Phi) is 3.26. The van der Waals surface area contributed by atoms with Gasteiger partial charge >= 0.3 is 0 Å². The highest BCUT2D eigenvalue weighted by Gasteiger charge is 2.39. The summed E-state index contributed by atoms with van der Waals surface area (Å²) in [6, 6.07) is 2.64. The van der Waals surface area contributed by atoms with Crippen molar-refractivity contribution in [2.24, 2.45) is 0 Å². The van der Waals surface area contributed by atoms with Gasteiger partial charge in [0.2, 0.25) is 0 Å². The first-order valence-electron chi connectivity index (χ1n) is 6.46. The van der Waals surface area contributed by atoms with Crippen molar-refractivity contribution in [1.82, 2.24) is 10.2 Å². The predicted molar refractivity (Wildman–Crippen MR) is 71.3 cm³/mol. The van der Waals surface area contributed by atoms with E-state index < -0.39 is 0 Å². The maximum atomic E-state index is 12.7. The smallest absolute Gasteiger partial charge is 0.268 e. The molecule has 18 heavy (non-hydrogen) atoms. The molecule has 2 aliphatic rings. The summed E-state index contributed by atoms with van der Waals surface area (Å²) in [6.07, 6.45) is 3.33. The van der Waals surface area contributed by atoms with Gasteiger partial charge in [0.15, 0.2) is 0 Å². The van der Waals surface area contributed by atoms with Crippen molar-refractivity contribution < 1.29 is 9.53 Å². The Morgan fingerprint density at radius 2 is 2.28 bits per heavy atom. The molecular weight excluding hydrogens is 248 g/mol. The van der Waals surface area contributed by atoms with Crippen LogP contribution in [0.4, 0.5) is 0 Å². The molecule has 0 radical (unpaired) electrons. The standard InChI is InChI=1S/C13H18N2O2S/c1-17-11-5-7-18-12(11)13(16)15-9-2-3-10(15)8-14-6-4-9/h5,7,9-10,14H,2-4,6,8H2,1H3. The second-order valence-electron chi connectivity index (χ2n) is 4.91. The molecule has 2 saturated heterocycles. The Labute approximate surface area is 111 Å². The molecule has 4 nitrogen and oxygen atoms in total. The molecule has 2 atom stereocenters. The Morgan fingerprint density at radius 3 is 3.11 bits per heavy atom. The summed E-state index contributed by atoms with van der Waals surface area (Å²) >= 11 is 1.48. The van der Waals surface area contributed by atoms with E-state index in [1.807, 2.05) is 11.4 Å². The lowest BCUT2D eigenvalue weighted by Crippen LogP contribution is -2.42. The summed E-state index contributed by atoms with van der Waals surface area (Å²) in [7, 11) is 1.62. The van der Waals surface area contributed by atoms with Gasteiger partial charge in [0.05, 0.1) is 7.11 Å². The minimum absolute atomic E-state index is 0.151. The van der Waals surface area contributed by atoms with Crippen LogP contribution in [0.5, 0.6) is 5.75 Å². The normalized spacial score (nSPS) is 27.1. The van der Waals surface area contributed by atoms with Crippen molar-refractivity contribution in [1.29, 1.82) is 0 Å². The summed E-state index contributed by atoms with van der Waals surface area (Å²) in [5.74, 6) is 0.861. The van der Waals surface area contributed by atoms with E-state index in [1.54, 1.807) is 7.11 Å². The molecule has 1 aromatic heterocycles. The first-order chi connectivity index (χ1) is 8.81. The monoisotopic (exact) mass is 266 g/mol. The van der Waals surface area contributed by atoms with Gasteiger partial charge in [-0.1, -0.05) is 0 Å². The lowest BCUT2D eigenvalue weighted by molar-refractivity contribution is 0.0682. The fourth-order valence-corrected chi connectivity index (χ4v) is 3.85.